The molecule has 0 radical (unpaired) electrons. The molecule has 0 aliphatic rings. The Morgan fingerprint density at radius 1 is 1.36 bits per heavy atom. The average molecular weight is 196 g/mol. The first-order valence-corrected chi connectivity index (χ1v) is 3.76. The zero-order chi connectivity index (χ0) is 9.28. The molecule has 0 aliphatic carbocycles. The smallest absolute Gasteiger partial charge is 0.156 e. The van der Waals surface area contributed by atoms with Crippen LogP contribution in [0.15, 0.2) is 0 Å². The SMILES string of the molecule is CC(=S)OCCO.CC(O)=S. The van der Waals surface area contributed by atoms with Gasteiger partial charge in [-0.1, -0.05) is 0 Å². The number of rotatable bonds is 2. The Hall–Kier alpha value is -0.260. The number of ether oxygens (including phenoxy) is 1. The third kappa shape index (κ3) is 41.7. The molecule has 0 unspecified atom stereocenters. The lowest BCUT2D eigenvalue weighted by atomic mass is 10.7. The van der Waals surface area contributed by atoms with Crippen LogP contribution in [0.2, 0.25) is 0 Å². The predicted molar refractivity (Wildman–Crippen MR) is 52.2 cm³/mol. The maximum absolute atomic E-state index is 8.13. The van der Waals surface area contributed by atoms with Crippen LogP contribution in [0.5, 0.6) is 0 Å². The molecule has 0 amide bonds. The van der Waals surface area contributed by atoms with Crippen LogP contribution in [0.4, 0.5) is 0 Å². The summed E-state index contributed by atoms with van der Waals surface area (Å²) in [5.74, 6) is 0. The van der Waals surface area contributed by atoms with Gasteiger partial charge in [-0.05, 0) is 24.4 Å². The van der Waals surface area contributed by atoms with Gasteiger partial charge >= 0.3 is 0 Å². The van der Waals surface area contributed by atoms with E-state index in [0.717, 1.165) is 0 Å². The fourth-order valence-electron chi connectivity index (χ4n) is 0.189. The lowest BCUT2D eigenvalue weighted by Gasteiger charge is -1.96. The van der Waals surface area contributed by atoms with Crippen molar-refractivity contribution < 1.29 is 14.9 Å². The van der Waals surface area contributed by atoms with E-state index in [1.165, 1.54) is 6.92 Å². The Morgan fingerprint density at radius 2 is 1.73 bits per heavy atom. The normalized spacial score (nSPS) is 7.55. The molecular weight excluding hydrogens is 184 g/mol. The molecule has 66 valence electrons. The molecule has 0 saturated heterocycles. The monoisotopic (exact) mass is 196 g/mol. The third-order valence-corrected chi connectivity index (χ3v) is 0.514. The van der Waals surface area contributed by atoms with Gasteiger partial charge in [-0.15, -0.1) is 0 Å². The van der Waals surface area contributed by atoms with E-state index in [-0.39, 0.29) is 11.7 Å². The van der Waals surface area contributed by atoms with Gasteiger partial charge in [0.15, 0.2) is 10.1 Å². The van der Waals surface area contributed by atoms with Crippen molar-refractivity contribution in [3.8, 4) is 0 Å². The molecule has 0 aromatic carbocycles. The van der Waals surface area contributed by atoms with Crippen LogP contribution in [-0.4, -0.2) is 33.5 Å². The molecule has 0 atom stereocenters. The Balaban J connectivity index is 0. The highest BCUT2D eigenvalue weighted by molar-refractivity contribution is 7.80. The molecule has 3 nitrogen and oxygen atoms in total. The first kappa shape index (κ1) is 13.3. The first-order chi connectivity index (χ1) is 5.00. The van der Waals surface area contributed by atoms with Crippen molar-refractivity contribution in [1.29, 1.82) is 0 Å². The van der Waals surface area contributed by atoms with Crippen LogP contribution >= 0.6 is 24.4 Å². The number of hydrogen-bond donors (Lipinski definition) is 2. The molecule has 0 aromatic heterocycles. The highest BCUT2D eigenvalue weighted by atomic mass is 32.1. The van der Waals surface area contributed by atoms with Gasteiger partial charge in [-0.25, -0.2) is 0 Å². The zero-order valence-corrected chi connectivity index (χ0v) is 8.17. The molecule has 0 spiro atoms. The van der Waals surface area contributed by atoms with Crippen LogP contribution in [0.1, 0.15) is 13.8 Å². The van der Waals surface area contributed by atoms with E-state index >= 15 is 0 Å². The minimum absolute atomic E-state index is 0.000000000000000222. The summed E-state index contributed by atoms with van der Waals surface area (Å²) in [4.78, 5) is 0. The molecule has 0 fully saturated rings. The van der Waals surface area contributed by atoms with E-state index in [2.05, 4.69) is 29.2 Å². The van der Waals surface area contributed by atoms with Crippen molar-refractivity contribution in [2.45, 2.75) is 13.8 Å². The van der Waals surface area contributed by atoms with E-state index in [9.17, 15) is 0 Å². The quantitative estimate of drug-likeness (QED) is 0.651. The average Bonchev–Trinajstić information content (AvgIpc) is 1.82. The molecule has 5 heteroatoms. The van der Waals surface area contributed by atoms with Crippen molar-refractivity contribution in [2.75, 3.05) is 13.2 Å². The zero-order valence-electron chi connectivity index (χ0n) is 6.53. The summed E-state index contributed by atoms with van der Waals surface area (Å²) < 4.78 is 4.67. The lowest BCUT2D eigenvalue weighted by Crippen LogP contribution is -2.01. The van der Waals surface area contributed by atoms with Crippen LogP contribution in [0.25, 0.3) is 0 Å². The fraction of sp³-hybridized carbons (Fsp3) is 0.667. The maximum Gasteiger partial charge on any atom is 0.156 e. The van der Waals surface area contributed by atoms with Crippen LogP contribution in [0, 0.1) is 0 Å². The fourth-order valence-corrected chi connectivity index (χ4v) is 0.273. The number of aliphatic hydroxyl groups is 2. The van der Waals surface area contributed by atoms with E-state index in [1.807, 2.05) is 0 Å². The molecule has 11 heavy (non-hydrogen) atoms. The van der Waals surface area contributed by atoms with Crippen molar-refractivity contribution >= 4 is 34.5 Å². The van der Waals surface area contributed by atoms with E-state index in [1.54, 1.807) is 6.92 Å². The molecule has 0 saturated carbocycles. The summed E-state index contributed by atoms with van der Waals surface area (Å²) in [6.45, 7) is 3.48. The minimum Gasteiger partial charge on any atom is -0.502 e. The summed E-state index contributed by atoms with van der Waals surface area (Å²) >= 11 is 8.62. The standard InChI is InChI=1S/C4H8O2S.C2H4OS/c1-4(7)6-3-2-5;1-2(3)4/h5H,2-3H2,1H3;1H3,(H,3,4). The summed E-state index contributed by atoms with van der Waals surface area (Å²) in [7, 11) is 0. The Morgan fingerprint density at radius 3 is 1.82 bits per heavy atom. The van der Waals surface area contributed by atoms with Gasteiger partial charge in [0.2, 0.25) is 0 Å². The molecule has 2 N–H and O–H groups in total. The Labute approximate surface area is 77.0 Å². The summed E-state index contributed by atoms with van der Waals surface area (Å²) in [6, 6.07) is 0. The van der Waals surface area contributed by atoms with Crippen LogP contribution in [-0.2, 0) is 4.74 Å². The summed E-state index contributed by atoms with van der Waals surface area (Å²) in [5.41, 5.74) is 0. The van der Waals surface area contributed by atoms with Crippen molar-refractivity contribution in [1.82, 2.24) is 0 Å². The van der Waals surface area contributed by atoms with Gasteiger partial charge in [0, 0.05) is 13.8 Å². The first-order valence-electron chi connectivity index (χ1n) is 2.94. The molecular formula is C6H12O3S2. The number of hydrogen-bond acceptors (Lipinski definition) is 4. The second-order valence-electron chi connectivity index (χ2n) is 1.58. The highest BCUT2D eigenvalue weighted by Crippen LogP contribution is 1.76. The minimum atomic E-state index is 0.000000000000000222. The van der Waals surface area contributed by atoms with Gasteiger partial charge in [-0.2, -0.15) is 0 Å². The summed E-state index contributed by atoms with van der Waals surface area (Å²) in [6.07, 6.45) is 0. The highest BCUT2D eigenvalue weighted by Gasteiger charge is 1.81. The van der Waals surface area contributed by atoms with Crippen LogP contribution in [0.3, 0.4) is 0 Å². The van der Waals surface area contributed by atoms with Crippen molar-refractivity contribution in [3.05, 3.63) is 0 Å². The molecule has 0 heterocycles. The van der Waals surface area contributed by atoms with Crippen molar-refractivity contribution in [3.63, 3.8) is 0 Å². The predicted octanol–water partition coefficient (Wildman–Crippen LogP) is 1.23. The maximum atomic E-state index is 8.13. The molecule has 0 rings (SSSR count). The van der Waals surface area contributed by atoms with Gasteiger partial charge < -0.3 is 14.9 Å². The molecule has 0 bridgehead atoms. The largest absolute Gasteiger partial charge is 0.502 e. The van der Waals surface area contributed by atoms with E-state index < -0.39 is 0 Å². The Bertz CT molecular complexity index is 121. The van der Waals surface area contributed by atoms with Crippen LogP contribution < -0.4 is 0 Å². The van der Waals surface area contributed by atoms with Crippen molar-refractivity contribution in [2.24, 2.45) is 0 Å². The van der Waals surface area contributed by atoms with Gasteiger partial charge in [-0.3, -0.25) is 0 Å². The Kier molecular flexibility index (Phi) is 11.8. The third-order valence-electron chi connectivity index (χ3n) is 0.397. The van der Waals surface area contributed by atoms with E-state index in [0.29, 0.717) is 11.7 Å². The second kappa shape index (κ2) is 9.74. The van der Waals surface area contributed by atoms with E-state index in [4.69, 9.17) is 10.2 Å². The lowest BCUT2D eigenvalue weighted by molar-refractivity contribution is 0.196. The number of thiocarbonyl (C=S) groups is 2. The van der Waals surface area contributed by atoms with Gasteiger partial charge in [0.05, 0.1) is 6.61 Å². The molecule has 0 aliphatic heterocycles. The summed E-state index contributed by atoms with van der Waals surface area (Å²) in [5, 5.41) is 16.4. The second-order valence-corrected chi connectivity index (χ2v) is 2.75. The van der Waals surface area contributed by atoms with Gasteiger partial charge in [0.25, 0.3) is 0 Å². The topological polar surface area (TPSA) is 49.7 Å². The number of aliphatic hydroxyl groups excluding tert-OH is 2. The van der Waals surface area contributed by atoms with Gasteiger partial charge in [0.1, 0.15) is 6.61 Å². The molecule has 0 aromatic rings.